The van der Waals surface area contributed by atoms with Crippen LogP contribution in [0.15, 0.2) is 46.5 Å². The molecule has 6 nitrogen and oxygen atoms in total. The van der Waals surface area contributed by atoms with Gasteiger partial charge in [-0.25, -0.2) is 4.98 Å². The van der Waals surface area contributed by atoms with E-state index in [1.165, 1.54) is 0 Å². The van der Waals surface area contributed by atoms with Gasteiger partial charge in [0.05, 0.1) is 18.7 Å². The third-order valence-electron chi connectivity index (χ3n) is 4.22. The van der Waals surface area contributed by atoms with E-state index in [4.69, 9.17) is 0 Å². The van der Waals surface area contributed by atoms with Gasteiger partial charge in [0, 0.05) is 40.8 Å². The van der Waals surface area contributed by atoms with Crippen LogP contribution in [-0.4, -0.2) is 36.4 Å². The molecule has 3 aromatic rings. The lowest BCUT2D eigenvalue weighted by Gasteiger charge is -2.28. The van der Waals surface area contributed by atoms with Crippen molar-refractivity contribution in [2.45, 2.75) is 6.42 Å². The molecule has 0 aliphatic carbocycles. The molecule has 0 spiro atoms. The number of benzene rings is 1. The standard InChI is InChI=1S/C19H18N4O2S2/c24-17(9-15-12-27-19(22-15)13-5-8-26-11-13)21-14-1-3-16(4-2-14)23-7-6-20-18(25)10-23/h1-5,8,11-12H,6-7,9-10H2,(H,20,25)(H,21,24). The Bertz CT molecular complexity index is 935. The van der Waals surface area contributed by atoms with Gasteiger partial charge in [-0.15, -0.1) is 11.3 Å². The number of nitrogens with zero attached hydrogens (tertiary/aromatic N) is 2. The molecule has 0 radical (unpaired) electrons. The molecule has 0 unspecified atom stereocenters. The average Bonchev–Trinajstić information content (AvgIpc) is 3.34. The number of carbonyl (C=O) groups excluding carboxylic acids is 2. The average molecular weight is 399 g/mol. The Hall–Kier alpha value is -2.71. The predicted molar refractivity (Wildman–Crippen MR) is 109 cm³/mol. The maximum atomic E-state index is 12.3. The molecule has 1 aromatic carbocycles. The van der Waals surface area contributed by atoms with Gasteiger partial charge in [-0.1, -0.05) is 0 Å². The molecule has 27 heavy (non-hydrogen) atoms. The molecule has 138 valence electrons. The Morgan fingerprint density at radius 3 is 2.81 bits per heavy atom. The molecule has 0 saturated carbocycles. The molecule has 1 saturated heterocycles. The fraction of sp³-hybridized carbons (Fsp3) is 0.211. The van der Waals surface area contributed by atoms with Crippen molar-refractivity contribution in [2.75, 3.05) is 29.9 Å². The van der Waals surface area contributed by atoms with Gasteiger partial charge in [-0.3, -0.25) is 9.59 Å². The SMILES string of the molecule is O=C1CN(c2ccc(NC(=O)Cc3csc(-c4ccsc4)n3)cc2)CCN1. The minimum atomic E-state index is -0.0951. The number of carbonyl (C=O) groups is 2. The van der Waals surface area contributed by atoms with Crippen LogP contribution in [0.5, 0.6) is 0 Å². The first-order valence-electron chi connectivity index (χ1n) is 8.56. The molecule has 3 heterocycles. The van der Waals surface area contributed by atoms with Gasteiger partial charge in [0.15, 0.2) is 0 Å². The van der Waals surface area contributed by atoms with E-state index in [9.17, 15) is 9.59 Å². The highest BCUT2D eigenvalue weighted by Gasteiger charge is 2.16. The third-order valence-corrected chi connectivity index (χ3v) is 5.84. The molecular formula is C19H18N4O2S2. The lowest BCUT2D eigenvalue weighted by Crippen LogP contribution is -2.47. The van der Waals surface area contributed by atoms with Crippen molar-refractivity contribution in [3.63, 3.8) is 0 Å². The highest BCUT2D eigenvalue weighted by Crippen LogP contribution is 2.26. The summed E-state index contributed by atoms with van der Waals surface area (Å²) in [7, 11) is 0. The van der Waals surface area contributed by atoms with E-state index in [2.05, 4.69) is 21.0 Å². The molecule has 1 aliphatic rings. The van der Waals surface area contributed by atoms with Crippen LogP contribution in [0.1, 0.15) is 5.69 Å². The number of nitrogens with one attached hydrogen (secondary N) is 2. The topological polar surface area (TPSA) is 74.3 Å². The lowest BCUT2D eigenvalue weighted by atomic mass is 10.2. The van der Waals surface area contributed by atoms with E-state index < -0.39 is 0 Å². The Morgan fingerprint density at radius 1 is 1.22 bits per heavy atom. The molecule has 4 rings (SSSR count). The Balaban J connectivity index is 1.35. The van der Waals surface area contributed by atoms with Crippen molar-refractivity contribution >= 4 is 45.9 Å². The summed E-state index contributed by atoms with van der Waals surface area (Å²) in [4.78, 5) is 30.4. The Labute approximate surface area is 164 Å². The largest absolute Gasteiger partial charge is 0.360 e. The molecule has 2 aromatic heterocycles. The van der Waals surface area contributed by atoms with Gasteiger partial charge in [0.1, 0.15) is 5.01 Å². The van der Waals surface area contributed by atoms with Gasteiger partial charge in [-0.2, -0.15) is 11.3 Å². The van der Waals surface area contributed by atoms with Crippen molar-refractivity contribution in [3.8, 4) is 10.6 Å². The molecule has 0 bridgehead atoms. The summed E-state index contributed by atoms with van der Waals surface area (Å²) in [6, 6.07) is 9.59. The molecule has 2 amide bonds. The second-order valence-electron chi connectivity index (χ2n) is 6.20. The predicted octanol–water partition coefficient (Wildman–Crippen LogP) is 2.99. The fourth-order valence-electron chi connectivity index (χ4n) is 2.89. The zero-order valence-electron chi connectivity index (χ0n) is 14.5. The smallest absolute Gasteiger partial charge is 0.239 e. The third kappa shape index (κ3) is 4.35. The maximum Gasteiger partial charge on any atom is 0.239 e. The first-order valence-corrected chi connectivity index (χ1v) is 10.4. The van der Waals surface area contributed by atoms with Crippen molar-refractivity contribution in [1.82, 2.24) is 10.3 Å². The summed E-state index contributed by atoms with van der Waals surface area (Å²) in [5.41, 5.74) is 3.58. The minimum Gasteiger partial charge on any atom is -0.360 e. The van der Waals surface area contributed by atoms with Crippen LogP contribution in [0.2, 0.25) is 0 Å². The van der Waals surface area contributed by atoms with E-state index in [0.29, 0.717) is 13.1 Å². The summed E-state index contributed by atoms with van der Waals surface area (Å²) in [6.45, 7) is 1.80. The van der Waals surface area contributed by atoms with Crippen molar-refractivity contribution in [3.05, 3.63) is 52.2 Å². The highest BCUT2D eigenvalue weighted by molar-refractivity contribution is 7.14. The fourth-order valence-corrected chi connectivity index (χ4v) is 4.42. The summed E-state index contributed by atoms with van der Waals surface area (Å²) >= 11 is 3.18. The van der Waals surface area contributed by atoms with Gasteiger partial charge in [-0.05, 0) is 35.7 Å². The minimum absolute atomic E-state index is 0.0312. The summed E-state index contributed by atoms with van der Waals surface area (Å²) in [5, 5.41) is 12.6. The Morgan fingerprint density at radius 2 is 2.07 bits per heavy atom. The number of piperazine rings is 1. The van der Waals surface area contributed by atoms with E-state index in [1.807, 2.05) is 46.0 Å². The number of amides is 2. The molecular weight excluding hydrogens is 380 g/mol. The number of aromatic nitrogens is 1. The number of anilines is 2. The number of hydrogen-bond acceptors (Lipinski definition) is 6. The molecule has 1 aliphatic heterocycles. The quantitative estimate of drug-likeness (QED) is 0.693. The van der Waals surface area contributed by atoms with Crippen LogP contribution in [0.3, 0.4) is 0 Å². The summed E-state index contributed by atoms with van der Waals surface area (Å²) in [6.07, 6.45) is 0.245. The zero-order chi connectivity index (χ0) is 18.6. The molecule has 2 N–H and O–H groups in total. The van der Waals surface area contributed by atoms with Crippen LogP contribution in [-0.2, 0) is 16.0 Å². The summed E-state index contributed by atoms with van der Waals surface area (Å²) < 4.78 is 0. The van der Waals surface area contributed by atoms with Crippen LogP contribution >= 0.6 is 22.7 Å². The second kappa shape index (κ2) is 7.89. The second-order valence-corrected chi connectivity index (χ2v) is 7.84. The van der Waals surface area contributed by atoms with Gasteiger partial charge in [0.2, 0.25) is 11.8 Å². The van der Waals surface area contributed by atoms with E-state index in [-0.39, 0.29) is 18.2 Å². The van der Waals surface area contributed by atoms with Crippen molar-refractivity contribution < 1.29 is 9.59 Å². The highest BCUT2D eigenvalue weighted by atomic mass is 32.1. The van der Waals surface area contributed by atoms with E-state index >= 15 is 0 Å². The van der Waals surface area contributed by atoms with Crippen LogP contribution in [0.4, 0.5) is 11.4 Å². The number of thiazole rings is 1. The van der Waals surface area contributed by atoms with Gasteiger partial charge in [0.25, 0.3) is 0 Å². The van der Waals surface area contributed by atoms with E-state index in [0.717, 1.165) is 34.2 Å². The monoisotopic (exact) mass is 398 g/mol. The van der Waals surface area contributed by atoms with Crippen molar-refractivity contribution in [2.24, 2.45) is 0 Å². The number of hydrogen-bond donors (Lipinski definition) is 2. The number of thiophene rings is 1. The number of rotatable bonds is 5. The van der Waals surface area contributed by atoms with Gasteiger partial charge < -0.3 is 15.5 Å². The summed E-state index contributed by atoms with van der Waals surface area (Å²) in [5.74, 6) is -0.0639. The molecule has 1 fully saturated rings. The lowest BCUT2D eigenvalue weighted by molar-refractivity contribution is -0.120. The van der Waals surface area contributed by atoms with E-state index in [1.54, 1.807) is 22.7 Å². The Kier molecular flexibility index (Phi) is 5.17. The van der Waals surface area contributed by atoms with Crippen LogP contribution in [0.25, 0.3) is 10.6 Å². The first kappa shape index (κ1) is 17.7. The van der Waals surface area contributed by atoms with Crippen LogP contribution in [0, 0.1) is 0 Å². The van der Waals surface area contributed by atoms with Crippen molar-refractivity contribution in [1.29, 1.82) is 0 Å². The van der Waals surface area contributed by atoms with Crippen LogP contribution < -0.4 is 15.5 Å². The molecule has 0 atom stereocenters. The first-order chi connectivity index (χ1) is 13.2. The normalized spacial score (nSPS) is 14.1. The van der Waals surface area contributed by atoms with Gasteiger partial charge >= 0.3 is 0 Å². The molecule has 8 heteroatoms. The zero-order valence-corrected chi connectivity index (χ0v) is 16.1. The maximum absolute atomic E-state index is 12.3.